The third-order valence-corrected chi connectivity index (χ3v) is 4.31. The van der Waals surface area contributed by atoms with Crippen molar-refractivity contribution in [2.45, 2.75) is 51.6 Å². The number of nitrogens with zero attached hydrogens (tertiary/aromatic N) is 2. The van der Waals surface area contributed by atoms with Crippen LogP contribution in [0.3, 0.4) is 0 Å². The highest BCUT2D eigenvalue weighted by atomic mass is 79.9. The Bertz CT molecular complexity index is 455. The van der Waals surface area contributed by atoms with E-state index in [-0.39, 0.29) is 12.5 Å². The van der Waals surface area contributed by atoms with Crippen molar-refractivity contribution in [3.8, 4) is 0 Å². The first-order valence-corrected chi connectivity index (χ1v) is 8.24. The molecule has 4 nitrogen and oxygen atoms in total. The maximum absolute atomic E-state index is 12.8. The van der Waals surface area contributed by atoms with Crippen LogP contribution in [0.2, 0.25) is 0 Å². The predicted molar refractivity (Wildman–Crippen MR) is 82.8 cm³/mol. The fourth-order valence-corrected chi connectivity index (χ4v) is 3.08. The number of aromatic nitrogens is 1. The van der Waals surface area contributed by atoms with Gasteiger partial charge in [0.15, 0.2) is 0 Å². The van der Waals surface area contributed by atoms with Crippen molar-refractivity contribution in [3.05, 3.63) is 22.4 Å². The number of aliphatic hydroxyl groups is 1. The topological polar surface area (TPSA) is 45.5 Å². The highest BCUT2D eigenvalue weighted by molar-refractivity contribution is 9.10. The molecule has 1 heterocycles. The van der Waals surface area contributed by atoms with E-state index in [1.807, 2.05) is 21.7 Å². The second kappa shape index (κ2) is 7.27. The van der Waals surface area contributed by atoms with Gasteiger partial charge in [-0.05, 0) is 54.1 Å². The minimum absolute atomic E-state index is 0.0994. The van der Waals surface area contributed by atoms with Gasteiger partial charge in [0.1, 0.15) is 5.69 Å². The number of carbonyl (C=O) groups excluding carboxylic acids is 1. The summed E-state index contributed by atoms with van der Waals surface area (Å²) in [4.78, 5) is 14.7. The van der Waals surface area contributed by atoms with Crippen LogP contribution >= 0.6 is 15.9 Å². The molecule has 1 aromatic rings. The van der Waals surface area contributed by atoms with Crippen molar-refractivity contribution in [1.82, 2.24) is 9.47 Å². The van der Waals surface area contributed by atoms with Gasteiger partial charge in [-0.3, -0.25) is 4.79 Å². The number of rotatable bonds is 7. The van der Waals surface area contributed by atoms with Crippen molar-refractivity contribution in [2.24, 2.45) is 0 Å². The summed E-state index contributed by atoms with van der Waals surface area (Å²) in [6, 6.07) is 2.26. The Labute approximate surface area is 128 Å². The average molecular weight is 343 g/mol. The van der Waals surface area contributed by atoms with E-state index in [1.54, 1.807) is 0 Å². The molecular formula is C15H23BrN2O2. The zero-order valence-electron chi connectivity index (χ0n) is 12.0. The zero-order chi connectivity index (χ0) is 14.5. The van der Waals surface area contributed by atoms with E-state index >= 15 is 0 Å². The lowest BCUT2D eigenvalue weighted by molar-refractivity contribution is 0.0551. The van der Waals surface area contributed by atoms with E-state index in [1.165, 1.54) is 6.42 Å². The molecule has 1 aliphatic rings. The number of aryl methyl sites for hydroxylation is 1. The molecule has 1 aromatic heterocycles. The van der Waals surface area contributed by atoms with Gasteiger partial charge < -0.3 is 14.6 Å². The van der Waals surface area contributed by atoms with Gasteiger partial charge in [-0.2, -0.15) is 0 Å². The van der Waals surface area contributed by atoms with Crippen molar-refractivity contribution in [1.29, 1.82) is 0 Å². The number of hydrogen-bond donors (Lipinski definition) is 1. The van der Waals surface area contributed by atoms with E-state index in [2.05, 4.69) is 22.9 Å². The molecular weight excluding hydrogens is 320 g/mol. The molecule has 5 heteroatoms. The standard InChI is InChI=1S/C15H23BrN2O2/c1-2-7-17-11-12(16)10-14(17)15(20)18(8-4-9-19)13-5-3-6-13/h10-11,13,19H,2-9H2,1H3. The van der Waals surface area contributed by atoms with Crippen LogP contribution in [0.15, 0.2) is 16.7 Å². The number of hydrogen-bond acceptors (Lipinski definition) is 2. The minimum Gasteiger partial charge on any atom is -0.396 e. The first-order chi connectivity index (χ1) is 9.67. The first-order valence-electron chi connectivity index (χ1n) is 7.45. The fraction of sp³-hybridized carbons (Fsp3) is 0.667. The molecule has 0 unspecified atom stereocenters. The SMILES string of the molecule is CCCn1cc(Br)cc1C(=O)N(CCCO)C1CCC1. The number of carbonyl (C=O) groups is 1. The molecule has 1 N–H and O–H groups in total. The summed E-state index contributed by atoms with van der Waals surface area (Å²) < 4.78 is 2.97. The number of amides is 1. The Kier molecular flexibility index (Phi) is 5.66. The van der Waals surface area contributed by atoms with Gasteiger partial charge in [0.05, 0.1) is 0 Å². The van der Waals surface area contributed by atoms with Gasteiger partial charge in [0.2, 0.25) is 0 Å². The molecule has 0 bridgehead atoms. The van der Waals surface area contributed by atoms with Gasteiger partial charge in [-0.15, -0.1) is 0 Å². The quantitative estimate of drug-likeness (QED) is 0.827. The summed E-state index contributed by atoms with van der Waals surface area (Å²) in [5.74, 6) is 0.0994. The van der Waals surface area contributed by atoms with E-state index in [9.17, 15) is 4.79 Å². The average Bonchev–Trinajstić information content (AvgIpc) is 2.73. The summed E-state index contributed by atoms with van der Waals surface area (Å²) in [6.45, 7) is 3.74. The van der Waals surface area contributed by atoms with Crippen molar-refractivity contribution in [3.63, 3.8) is 0 Å². The summed E-state index contributed by atoms with van der Waals surface area (Å²) in [5, 5.41) is 9.03. The van der Waals surface area contributed by atoms with Gasteiger partial charge >= 0.3 is 0 Å². The second-order valence-corrected chi connectivity index (χ2v) is 6.31. The molecule has 0 saturated heterocycles. The van der Waals surface area contributed by atoms with Crippen molar-refractivity contribution >= 4 is 21.8 Å². The van der Waals surface area contributed by atoms with Crippen LogP contribution in [0.1, 0.15) is 49.5 Å². The Morgan fingerprint density at radius 2 is 2.30 bits per heavy atom. The molecule has 0 spiro atoms. The van der Waals surface area contributed by atoms with Crippen LogP contribution in [0.4, 0.5) is 0 Å². The number of halogens is 1. The van der Waals surface area contributed by atoms with E-state index in [0.29, 0.717) is 19.0 Å². The molecule has 112 valence electrons. The maximum Gasteiger partial charge on any atom is 0.270 e. The molecule has 2 rings (SSSR count). The highest BCUT2D eigenvalue weighted by Crippen LogP contribution is 2.27. The van der Waals surface area contributed by atoms with Gasteiger partial charge in [0, 0.05) is 36.4 Å². The van der Waals surface area contributed by atoms with Crippen LogP contribution in [0, 0.1) is 0 Å². The van der Waals surface area contributed by atoms with Crippen LogP contribution < -0.4 is 0 Å². The molecule has 1 aliphatic carbocycles. The normalized spacial score (nSPS) is 15.2. The second-order valence-electron chi connectivity index (χ2n) is 5.40. The summed E-state index contributed by atoms with van der Waals surface area (Å²) in [7, 11) is 0. The Morgan fingerprint density at radius 3 is 2.85 bits per heavy atom. The van der Waals surface area contributed by atoms with Gasteiger partial charge in [0.25, 0.3) is 5.91 Å². The minimum atomic E-state index is 0.0994. The monoisotopic (exact) mass is 342 g/mol. The first kappa shape index (κ1) is 15.6. The number of aliphatic hydroxyl groups excluding tert-OH is 1. The predicted octanol–water partition coefficient (Wildman–Crippen LogP) is 3.04. The van der Waals surface area contributed by atoms with E-state index in [4.69, 9.17) is 5.11 Å². The molecule has 1 amide bonds. The maximum atomic E-state index is 12.8. The largest absolute Gasteiger partial charge is 0.396 e. The smallest absolute Gasteiger partial charge is 0.270 e. The van der Waals surface area contributed by atoms with Crippen LogP contribution in [0.25, 0.3) is 0 Å². The van der Waals surface area contributed by atoms with Gasteiger partial charge in [-0.25, -0.2) is 0 Å². The highest BCUT2D eigenvalue weighted by Gasteiger charge is 2.30. The molecule has 1 fully saturated rings. The lowest BCUT2D eigenvalue weighted by Crippen LogP contribution is -2.45. The molecule has 1 saturated carbocycles. The van der Waals surface area contributed by atoms with E-state index < -0.39 is 0 Å². The lowest BCUT2D eigenvalue weighted by atomic mass is 9.91. The Hall–Kier alpha value is -0.810. The Morgan fingerprint density at radius 1 is 1.55 bits per heavy atom. The third kappa shape index (κ3) is 3.44. The van der Waals surface area contributed by atoms with Crippen molar-refractivity contribution < 1.29 is 9.90 Å². The molecule has 0 radical (unpaired) electrons. The molecule has 20 heavy (non-hydrogen) atoms. The fourth-order valence-electron chi connectivity index (χ4n) is 2.62. The summed E-state index contributed by atoms with van der Waals surface area (Å²) >= 11 is 3.46. The Balaban J connectivity index is 2.17. The lowest BCUT2D eigenvalue weighted by Gasteiger charge is -2.37. The molecule has 0 aliphatic heterocycles. The van der Waals surface area contributed by atoms with Crippen molar-refractivity contribution in [2.75, 3.05) is 13.2 Å². The van der Waals surface area contributed by atoms with Crippen LogP contribution in [0.5, 0.6) is 0 Å². The third-order valence-electron chi connectivity index (χ3n) is 3.88. The van der Waals surface area contributed by atoms with E-state index in [0.717, 1.165) is 36.0 Å². The summed E-state index contributed by atoms with van der Waals surface area (Å²) in [5.41, 5.74) is 0.753. The van der Waals surface area contributed by atoms with Gasteiger partial charge in [-0.1, -0.05) is 6.92 Å². The van der Waals surface area contributed by atoms with Crippen LogP contribution in [-0.2, 0) is 6.54 Å². The molecule has 0 aromatic carbocycles. The molecule has 0 atom stereocenters. The van der Waals surface area contributed by atoms with Crippen LogP contribution in [-0.4, -0.2) is 39.7 Å². The summed E-state index contributed by atoms with van der Waals surface area (Å²) in [6.07, 6.45) is 7.01. The zero-order valence-corrected chi connectivity index (χ0v) is 13.6.